The summed E-state index contributed by atoms with van der Waals surface area (Å²) in [5.41, 5.74) is 0.829. The van der Waals surface area contributed by atoms with Gasteiger partial charge in [0.05, 0.1) is 12.1 Å². The monoisotopic (exact) mass is 453 g/mol. The molecule has 2 fully saturated rings. The van der Waals surface area contributed by atoms with Crippen molar-refractivity contribution >= 4 is 22.8 Å². The number of nitrogens with one attached hydrogen (secondary N) is 1. The first kappa shape index (κ1) is 23.5. The molecule has 2 aliphatic heterocycles. The standard InChI is InChI=1S/C26H35N3O4/c1-4-33-24(30)10-7-13-28-20-11-12-21(28)16-19(15-20)27-25(31)22-14-18-8-5-6-9-23(18)29(17(2)3)26(22)32/h5-6,8-9,14,17,19-21H,4,7,10-13,15-16H2,1-3H3,(H,27,31). The lowest BCUT2D eigenvalue weighted by atomic mass is 9.96. The van der Waals surface area contributed by atoms with E-state index in [1.807, 2.05) is 45.0 Å². The quantitative estimate of drug-likeness (QED) is 0.617. The van der Waals surface area contributed by atoms with Crippen molar-refractivity contribution in [3.8, 4) is 0 Å². The molecule has 7 nitrogen and oxygen atoms in total. The van der Waals surface area contributed by atoms with Crippen LogP contribution in [0.2, 0.25) is 0 Å². The van der Waals surface area contributed by atoms with Gasteiger partial charge in [-0.05, 0) is 76.9 Å². The lowest BCUT2D eigenvalue weighted by molar-refractivity contribution is -0.143. The van der Waals surface area contributed by atoms with Gasteiger partial charge in [-0.1, -0.05) is 18.2 Å². The minimum Gasteiger partial charge on any atom is -0.466 e. The number of fused-ring (bicyclic) bond motifs is 3. The zero-order valence-corrected chi connectivity index (χ0v) is 19.9. The Kier molecular flexibility index (Phi) is 7.17. The van der Waals surface area contributed by atoms with Crippen molar-refractivity contribution in [1.82, 2.24) is 14.8 Å². The molecule has 1 N–H and O–H groups in total. The largest absolute Gasteiger partial charge is 0.466 e. The highest BCUT2D eigenvalue weighted by Crippen LogP contribution is 2.36. The lowest BCUT2D eigenvalue weighted by Gasteiger charge is -2.39. The Labute approximate surface area is 195 Å². The van der Waals surface area contributed by atoms with Gasteiger partial charge in [0.2, 0.25) is 0 Å². The van der Waals surface area contributed by atoms with Crippen LogP contribution < -0.4 is 10.9 Å². The number of carbonyl (C=O) groups is 2. The van der Waals surface area contributed by atoms with E-state index in [-0.39, 0.29) is 35.1 Å². The van der Waals surface area contributed by atoms with Crippen LogP contribution in [0.15, 0.2) is 35.1 Å². The van der Waals surface area contributed by atoms with Crippen LogP contribution in [-0.2, 0) is 9.53 Å². The molecule has 4 rings (SSSR count). The normalized spacial score (nSPS) is 22.6. The summed E-state index contributed by atoms with van der Waals surface area (Å²) in [6.45, 7) is 7.07. The van der Waals surface area contributed by atoms with Crippen LogP contribution >= 0.6 is 0 Å². The van der Waals surface area contributed by atoms with Gasteiger partial charge in [-0.15, -0.1) is 0 Å². The van der Waals surface area contributed by atoms with Crippen LogP contribution in [0.25, 0.3) is 10.9 Å². The number of ether oxygens (including phenoxy) is 1. The average Bonchev–Trinajstić information content (AvgIpc) is 3.01. The van der Waals surface area contributed by atoms with Crippen LogP contribution in [0, 0.1) is 0 Å². The van der Waals surface area contributed by atoms with Gasteiger partial charge in [-0.2, -0.15) is 0 Å². The van der Waals surface area contributed by atoms with Gasteiger partial charge in [0.15, 0.2) is 0 Å². The molecule has 0 spiro atoms. The van der Waals surface area contributed by atoms with Crippen molar-refractivity contribution in [1.29, 1.82) is 0 Å². The van der Waals surface area contributed by atoms with Crippen molar-refractivity contribution in [3.05, 3.63) is 46.2 Å². The third kappa shape index (κ3) is 4.98. The number of carbonyl (C=O) groups excluding carboxylic acids is 2. The third-order valence-corrected chi connectivity index (χ3v) is 7.03. The molecular formula is C26H35N3O4. The molecule has 2 aromatic rings. The molecule has 1 aromatic heterocycles. The molecule has 0 radical (unpaired) electrons. The maximum absolute atomic E-state index is 13.2. The fraction of sp³-hybridized carbons (Fsp3) is 0.577. The minimum absolute atomic E-state index is 0.0381. The molecule has 2 aliphatic rings. The molecule has 3 heterocycles. The van der Waals surface area contributed by atoms with E-state index >= 15 is 0 Å². The summed E-state index contributed by atoms with van der Waals surface area (Å²) in [7, 11) is 0. The van der Waals surface area contributed by atoms with E-state index in [0.717, 1.165) is 49.6 Å². The Bertz CT molecular complexity index is 1060. The molecule has 7 heteroatoms. The van der Waals surface area contributed by atoms with Gasteiger partial charge in [-0.25, -0.2) is 0 Å². The summed E-state index contributed by atoms with van der Waals surface area (Å²) in [6, 6.07) is 10.3. The molecule has 0 aliphatic carbocycles. The Morgan fingerprint density at radius 3 is 2.52 bits per heavy atom. The van der Waals surface area contributed by atoms with Gasteiger partial charge in [0.25, 0.3) is 11.5 Å². The summed E-state index contributed by atoms with van der Waals surface area (Å²) >= 11 is 0. The van der Waals surface area contributed by atoms with Crippen LogP contribution in [0.1, 0.15) is 75.7 Å². The summed E-state index contributed by atoms with van der Waals surface area (Å²) in [6.07, 6.45) is 5.25. The average molecular weight is 454 g/mol. The van der Waals surface area contributed by atoms with Gasteiger partial charge >= 0.3 is 5.97 Å². The fourth-order valence-corrected chi connectivity index (χ4v) is 5.62. The Morgan fingerprint density at radius 1 is 1.15 bits per heavy atom. The summed E-state index contributed by atoms with van der Waals surface area (Å²) in [4.78, 5) is 40.5. The fourth-order valence-electron chi connectivity index (χ4n) is 5.62. The molecule has 0 saturated carbocycles. The number of para-hydroxylation sites is 1. The predicted molar refractivity (Wildman–Crippen MR) is 128 cm³/mol. The highest BCUT2D eigenvalue weighted by molar-refractivity contribution is 5.97. The van der Waals surface area contributed by atoms with Gasteiger partial charge in [-0.3, -0.25) is 19.3 Å². The van der Waals surface area contributed by atoms with E-state index in [1.54, 1.807) is 10.6 Å². The molecule has 1 aromatic carbocycles. The second-order valence-electron chi connectivity index (χ2n) is 9.56. The van der Waals surface area contributed by atoms with E-state index in [0.29, 0.717) is 25.1 Å². The van der Waals surface area contributed by atoms with Crippen molar-refractivity contribution in [2.75, 3.05) is 13.2 Å². The molecule has 2 atom stereocenters. The van der Waals surface area contributed by atoms with E-state index < -0.39 is 0 Å². The van der Waals surface area contributed by atoms with Gasteiger partial charge in [0, 0.05) is 30.6 Å². The summed E-state index contributed by atoms with van der Waals surface area (Å²) in [5, 5.41) is 4.06. The van der Waals surface area contributed by atoms with Crippen LogP contribution in [-0.4, -0.2) is 52.6 Å². The molecule has 178 valence electrons. The smallest absolute Gasteiger partial charge is 0.305 e. The number of piperidine rings is 1. The van der Waals surface area contributed by atoms with Crippen molar-refractivity contribution < 1.29 is 14.3 Å². The van der Waals surface area contributed by atoms with Crippen molar-refractivity contribution in [3.63, 3.8) is 0 Å². The number of hydrogen-bond acceptors (Lipinski definition) is 5. The topological polar surface area (TPSA) is 80.6 Å². The number of amides is 1. The maximum atomic E-state index is 13.2. The molecule has 1 amide bonds. The Hall–Kier alpha value is -2.67. The summed E-state index contributed by atoms with van der Waals surface area (Å²) < 4.78 is 6.74. The van der Waals surface area contributed by atoms with Crippen molar-refractivity contribution in [2.24, 2.45) is 0 Å². The molecule has 2 bridgehead atoms. The van der Waals surface area contributed by atoms with Crippen LogP contribution in [0.5, 0.6) is 0 Å². The van der Waals surface area contributed by atoms with Crippen LogP contribution in [0.3, 0.4) is 0 Å². The lowest BCUT2D eigenvalue weighted by Crippen LogP contribution is -2.51. The van der Waals surface area contributed by atoms with E-state index in [4.69, 9.17) is 4.74 Å². The van der Waals surface area contributed by atoms with Gasteiger partial charge < -0.3 is 14.6 Å². The molecule has 2 unspecified atom stereocenters. The number of esters is 1. The van der Waals surface area contributed by atoms with E-state index in [9.17, 15) is 14.4 Å². The number of benzene rings is 1. The first-order valence-electron chi connectivity index (χ1n) is 12.3. The minimum atomic E-state index is -0.277. The second-order valence-corrected chi connectivity index (χ2v) is 9.56. The number of aromatic nitrogens is 1. The maximum Gasteiger partial charge on any atom is 0.305 e. The first-order chi connectivity index (χ1) is 15.9. The zero-order valence-electron chi connectivity index (χ0n) is 19.9. The third-order valence-electron chi connectivity index (χ3n) is 7.03. The zero-order chi connectivity index (χ0) is 23.5. The Morgan fingerprint density at radius 2 is 1.85 bits per heavy atom. The number of rotatable bonds is 8. The number of pyridine rings is 1. The Balaban J connectivity index is 1.42. The van der Waals surface area contributed by atoms with Crippen LogP contribution in [0.4, 0.5) is 0 Å². The highest BCUT2D eigenvalue weighted by Gasteiger charge is 2.40. The molecule has 33 heavy (non-hydrogen) atoms. The highest BCUT2D eigenvalue weighted by atomic mass is 16.5. The SMILES string of the molecule is CCOC(=O)CCCN1C2CCC1CC(NC(=O)c1cc3ccccc3n(C(C)C)c1=O)C2. The second kappa shape index (κ2) is 10.1. The first-order valence-corrected chi connectivity index (χ1v) is 12.3. The van der Waals surface area contributed by atoms with Crippen molar-refractivity contribution in [2.45, 2.75) is 83.5 Å². The van der Waals surface area contributed by atoms with E-state index in [1.165, 1.54) is 0 Å². The number of hydrogen-bond donors (Lipinski definition) is 1. The molecular weight excluding hydrogens is 418 g/mol. The predicted octanol–water partition coefficient (Wildman–Crippen LogP) is 3.65. The molecule has 2 saturated heterocycles. The van der Waals surface area contributed by atoms with E-state index in [2.05, 4.69) is 10.2 Å². The van der Waals surface area contributed by atoms with Gasteiger partial charge in [0.1, 0.15) is 5.56 Å². The number of nitrogens with zero attached hydrogens (tertiary/aromatic N) is 2. The summed E-state index contributed by atoms with van der Waals surface area (Å²) in [5.74, 6) is -0.408.